The van der Waals surface area contributed by atoms with Crippen LogP contribution in [0.25, 0.3) is 5.52 Å². The van der Waals surface area contributed by atoms with Crippen LogP contribution in [0.15, 0.2) is 17.1 Å². The van der Waals surface area contributed by atoms with Crippen molar-refractivity contribution in [1.29, 1.82) is 0 Å². The Kier molecular flexibility index (Phi) is 5.68. The van der Waals surface area contributed by atoms with Crippen LogP contribution < -0.4 is 15.8 Å². The number of carbonyl (C=O) groups is 1. The number of hydrogen-bond acceptors (Lipinski definition) is 4. The van der Waals surface area contributed by atoms with E-state index in [1.54, 1.807) is 0 Å². The Hall–Kier alpha value is -2.12. The number of nitrogens with one attached hydrogen (secondary N) is 1. The van der Waals surface area contributed by atoms with Crippen LogP contribution in [0.4, 0.5) is 10.1 Å². The molecule has 2 aromatic heterocycles. The van der Waals surface area contributed by atoms with E-state index in [1.807, 2.05) is 14.0 Å². The number of fused-ring (bicyclic) bond motifs is 1. The van der Waals surface area contributed by atoms with Gasteiger partial charge in [0, 0.05) is 13.1 Å². The zero-order valence-corrected chi connectivity index (χ0v) is 16.8. The first-order valence-electron chi connectivity index (χ1n) is 9.43. The number of nitrogens with zero attached hydrogens (tertiary/aromatic N) is 2. The molecular weight excluding hydrogens is 385 g/mol. The van der Waals surface area contributed by atoms with Gasteiger partial charge in [-0.25, -0.2) is 9.18 Å². The number of carboxylic acid groups (broad SMARTS) is 1. The number of hydrogen-bond donors (Lipinski definition) is 2. The van der Waals surface area contributed by atoms with Crippen molar-refractivity contribution in [2.75, 3.05) is 31.6 Å². The van der Waals surface area contributed by atoms with Gasteiger partial charge in [0.25, 0.3) is 5.56 Å². The highest BCUT2D eigenvalue weighted by Crippen LogP contribution is 2.44. The summed E-state index contributed by atoms with van der Waals surface area (Å²) in [5, 5.41) is 12.6. The quantitative estimate of drug-likeness (QED) is 0.794. The Morgan fingerprint density at radius 3 is 2.68 bits per heavy atom. The zero-order valence-electron chi connectivity index (χ0n) is 16.0. The lowest BCUT2D eigenvalue weighted by Gasteiger charge is -2.24. The Labute approximate surface area is 168 Å². The first-order valence-corrected chi connectivity index (χ1v) is 9.43. The summed E-state index contributed by atoms with van der Waals surface area (Å²) in [6.45, 7) is 4.27. The maximum absolute atomic E-state index is 15.0. The third kappa shape index (κ3) is 3.37. The van der Waals surface area contributed by atoms with Crippen molar-refractivity contribution in [3.05, 3.63) is 45.1 Å². The molecule has 28 heavy (non-hydrogen) atoms. The molecule has 2 aliphatic rings. The van der Waals surface area contributed by atoms with Gasteiger partial charge in [0.05, 0.1) is 17.4 Å². The number of aromatic nitrogens is 1. The fourth-order valence-corrected chi connectivity index (χ4v) is 4.38. The molecule has 3 heterocycles. The van der Waals surface area contributed by atoms with Crippen molar-refractivity contribution in [3.8, 4) is 0 Å². The highest BCUT2D eigenvalue weighted by atomic mass is 35.5. The Bertz CT molecular complexity index is 987. The Balaban J connectivity index is 0.00000225. The molecule has 1 saturated carbocycles. The number of anilines is 1. The van der Waals surface area contributed by atoms with E-state index < -0.39 is 17.3 Å². The van der Waals surface area contributed by atoms with Gasteiger partial charge in [0.1, 0.15) is 5.56 Å². The summed E-state index contributed by atoms with van der Waals surface area (Å²) in [6.07, 6.45) is 4.09. The highest BCUT2D eigenvalue weighted by molar-refractivity contribution is 5.89. The summed E-state index contributed by atoms with van der Waals surface area (Å²) in [5.74, 6) is -1.04. The van der Waals surface area contributed by atoms with Crippen molar-refractivity contribution in [2.24, 2.45) is 5.92 Å². The second kappa shape index (κ2) is 7.72. The normalized spacial score (nSPS) is 19.1. The topological polar surface area (TPSA) is 74.0 Å². The molecule has 0 bridgehead atoms. The van der Waals surface area contributed by atoms with Gasteiger partial charge >= 0.3 is 5.97 Å². The first-order chi connectivity index (χ1) is 12.9. The van der Waals surface area contributed by atoms with E-state index in [1.165, 1.54) is 16.7 Å². The van der Waals surface area contributed by atoms with Crippen LogP contribution in [0.2, 0.25) is 0 Å². The number of pyridine rings is 2. The maximum atomic E-state index is 15.0. The van der Waals surface area contributed by atoms with Gasteiger partial charge in [-0.2, -0.15) is 0 Å². The molecule has 1 atom stereocenters. The summed E-state index contributed by atoms with van der Waals surface area (Å²) < 4.78 is 16.2. The largest absolute Gasteiger partial charge is 0.477 e. The molecule has 0 aromatic carbocycles. The van der Waals surface area contributed by atoms with E-state index in [2.05, 4.69) is 10.2 Å². The fraction of sp³-hybridized carbons (Fsp3) is 0.500. The lowest BCUT2D eigenvalue weighted by molar-refractivity contribution is 0.0694. The molecule has 1 aliphatic heterocycles. The van der Waals surface area contributed by atoms with Crippen molar-refractivity contribution in [3.63, 3.8) is 0 Å². The van der Waals surface area contributed by atoms with Crippen LogP contribution in [-0.2, 0) is 0 Å². The summed E-state index contributed by atoms with van der Waals surface area (Å²) in [7, 11) is 1.92. The summed E-state index contributed by atoms with van der Waals surface area (Å²) >= 11 is 0. The molecule has 1 aliphatic carbocycles. The standard InChI is InChI=1S/C20H24FN3O3.ClH/c1-11-17-14(13-3-4-13)7-15(20(26)27)19(25)24(17)10-16(21)18(11)23-6-5-12(9-23)8-22-2;/h7,10,12-13,22H,3-6,8-9H2,1-2H3,(H,26,27);1H. The van der Waals surface area contributed by atoms with Gasteiger partial charge in [-0.3, -0.25) is 9.20 Å². The minimum Gasteiger partial charge on any atom is -0.477 e. The van der Waals surface area contributed by atoms with Crippen LogP contribution in [-0.4, -0.2) is 42.2 Å². The van der Waals surface area contributed by atoms with E-state index in [4.69, 9.17) is 0 Å². The van der Waals surface area contributed by atoms with E-state index in [0.717, 1.165) is 50.0 Å². The van der Waals surface area contributed by atoms with Gasteiger partial charge in [-0.1, -0.05) is 0 Å². The predicted octanol–water partition coefficient (Wildman–Crippen LogP) is 2.79. The molecule has 8 heteroatoms. The molecule has 2 aromatic rings. The van der Waals surface area contributed by atoms with Gasteiger partial charge in [0.15, 0.2) is 5.82 Å². The third-order valence-electron chi connectivity index (χ3n) is 5.78. The van der Waals surface area contributed by atoms with Crippen molar-refractivity contribution < 1.29 is 14.3 Å². The molecule has 1 saturated heterocycles. The lowest BCUT2D eigenvalue weighted by atomic mass is 10.0. The van der Waals surface area contributed by atoms with Crippen LogP contribution in [0.1, 0.15) is 46.7 Å². The molecule has 0 spiro atoms. The molecule has 2 N–H and O–H groups in total. The number of aryl methyl sites for hydroxylation is 1. The maximum Gasteiger partial charge on any atom is 0.341 e. The average Bonchev–Trinajstić information content (AvgIpc) is 3.36. The Morgan fingerprint density at radius 2 is 2.07 bits per heavy atom. The molecule has 2 fully saturated rings. The average molecular weight is 410 g/mol. The lowest BCUT2D eigenvalue weighted by Crippen LogP contribution is -2.28. The van der Waals surface area contributed by atoms with Crippen LogP contribution in [0.5, 0.6) is 0 Å². The molecule has 4 rings (SSSR count). The molecule has 0 amide bonds. The third-order valence-corrected chi connectivity index (χ3v) is 5.78. The molecule has 0 radical (unpaired) electrons. The second-order valence-electron chi connectivity index (χ2n) is 7.73. The van der Waals surface area contributed by atoms with Crippen LogP contribution in [0, 0.1) is 18.7 Å². The van der Waals surface area contributed by atoms with Crippen molar-refractivity contribution in [1.82, 2.24) is 9.72 Å². The van der Waals surface area contributed by atoms with Gasteiger partial charge in [-0.15, -0.1) is 12.4 Å². The zero-order chi connectivity index (χ0) is 19.3. The summed E-state index contributed by atoms with van der Waals surface area (Å²) in [5.41, 5.74) is 1.80. The second-order valence-corrected chi connectivity index (χ2v) is 7.73. The minimum atomic E-state index is -1.27. The Morgan fingerprint density at radius 1 is 1.36 bits per heavy atom. The van der Waals surface area contributed by atoms with Crippen LogP contribution >= 0.6 is 12.4 Å². The monoisotopic (exact) mass is 409 g/mol. The van der Waals surface area contributed by atoms with E-state index in [0.29, 0.717) is 17.1 Å². The van der Waals surface area contributed by atoms with E-state index >= 15 is 4.39 Å². The molecule has 1 unspecified atom stereocenters. The number of carboxylic acids is 1. The minimum absolute atomic E-state index is 0. The first kappa shape index (κ1) is 20.6. The van der Waals surface area contributed by atoms with Crippen molar-refractivity contribution in [2.45, 2.75) is 32.1 Å². The number of aromatic carboxylic acids is 1. The summed E-state index contributed by atoms with van der Waals surface area (Å²) in [6, 6.07) is 1.50. The van der Waals surface area contributed by atoms with Crippen molar-refractivity contribution >= 4 is 29.6 Å². The fourth-order valence-electron chi connectivity index (χ4n) is 4.38. The molecular formula is C20H25ClFN3O3. The number of rotatable bonds is 5. The predicted molar refractivity (Wildman–Crippen MR) is 109 cm³/mol. The van der Waals surface area contributed by atoms with Gasteiger partial charge in [-0.05, 0) is 68.8 Å². The van der Waals surface area contributed by atoms with E-state index in [-0.39, 0.29) is 23.9 Å². The molecule has 152 valence electrons. The van der Waals surface area contributed by atoms with Gasteiger partial charge in [0.2, 0.25) is 0 Å². The van der Waals surface area contributed by atoms with Gasteiger partial charge < -0.3 is 15.3 Å². The van der Waals surface area contributed by atoms with E-state index in [9.17, 15) is 14.7 Å². The molecule has 6 nitrogen and oxygen atoms in total. The highest BCUT2D eigenvalue weighted by Gasteiger charge is 2.32. The smallest absolute Gasteiger partial charge is 0.341 e. The summed E-state index contributed by atoms with van der Waals surface area (Å²) in [4.78, 5) is 26.2. The number of halogens is 2. The SMILES string of the molecule is CNCC1CCN(c2c(F)cn3c(=O)c(C(=O)O)cc(C4CC4)c3c2C)C1.Cl. The van der Waals surface area contributed by atoms with Crippen LogP contribution in [0.3, 0.4) is 0 Å².